The summed E-state index contributed by atoms with van der Waals surface area (Å²) in [5.74, 6) is -0.433. The third kappa shape index (κ3) is 9.39. The summed E-state index contributed by atoms with van der Waals surface area (Å²) in [5.41, 5.74) is 0. The zero-order valence-electron chi connectivity index (χ0n) is 13.0. The highest BCUT2D eigenvalue weighted by atomic mass is 19.4. The van der Waals surface area contributed by atoms with Gasteiger partial charge in [-0.3, -0.25) is 0 Å². The number of nitrogens with zero attached hydrogens (tertiary/aromatic N) is 2. The number of hydrogen-bond acceptors (Lipinski definition) is 6. The van der Waals surface area contributed by atoms with Gasteiger partial charge in [0.1, 0.15) is 11.5 Å². The second kappa shape index (κ2) is 8.97. The van der Waals surface area contributed by atoms with E-state index in [1.807, 2.05) is 0 Å². The second-order valence-electron chi connectivity index (χ2n) is 4.34. The Kier molecular flexibility index (Phi) is 7.28. The molecule has 2 aromatic rings. The van der Waals surface area contributed by atoms with Crippen LogP contribution in [0, 0.1) is 0 Å². The quantitative estimate of drug-likeness (QED) is 0.808. The minimum atomic E-state index is -4.75. The summed E-state index contributed by atoms with van der Waals surface area (Å²) >= 11 is 0. The molecule has 2 rings (SSSR count). The third-order valence-electron chi connectivity index (χ3n) is 2.27. The van der Waals surface area contributed by atoms with Crippen molar-refractivity contribution in [2.24, 2.45) is 0 Å². The van der Waals surface area contributed by atoms with E-state index in [0.29, 0.717) is 5.75 Å². The molecule has 144 valence electrons. The predicted octanol–water partition coefficient (Wildman–Crippen LogP) is 3.72. The van der Waals surface area contributed by atoms with Crippen molar-refractivity contribution in [1.29, 1.82) is 0 Å². The summed E-state index contributed by atoms with van der Waals surface area (Å²) in [6.45, 7) is -1.34. The molecule has 0 aliphatic heterocycles. The zero-order valence-corrected chi connectivity index (χ0v) is 13.0. The molecule has 6 nitrogen and oxygen atoms in total. The number of pyridine rings is 2. The second-order valence-corrected chi connectivity index (χ2v) is 4.34. The van der Waals surface area contributed by atoms with E-state index in [2.05, 4.69) is 19.4 Å². The van der Waals surface area contributed by atoms with Crippen LogP contribution in [0.4, 0.5) is 26.3 Å². The Balaban J connectivity index is 0.000000263. The van der Waals surface area contributed by atoms with Gasteiger partial charge in [-0.25, -0.2) is 9.97 Å². The largest absolute Gasteiger partial charge is 0.574 e. The number of aromatic hydroxyl groups is 1. The molecule has 1 N–H and O–H groups in total. The minimum Gasteiger partial charge on any atom is -0.506 e. The van der Waals surface area contributed by atoms with Crippen molar-refractivity contribution in [2.45, 2.75) is 12.5 Å². The highest BCUT2D eigenvalue weighted by Crippen LogP contribution is 2.21. The number of halogens is 6. The van der Waals surface area contributed by atoms with Gasteiger partial charge in [0, 0.05) is 12.1 Å². The Morgan fingerprint density at radius 2 is 1.54 bits per heavy atom. The molecule has 0 aliphatic carbocycles. The van der Waals surface area contributed by atoms with Crippen LogP contribution < -0.4 is 14.2 Å². The van der Waals surface area contributed by atoms with E-state index in [1.54, 1.807) is 0 Å². The predicted molar refractivity (Wildman–Crippen MR) is 74.9 cm³/mol. The van der Waals surface area contributed by atoms with Crippen molar-refractivity contribution in [3.05, 3.63) is 36.7 Å². The summed E-state index contributed by atoms with van der Waals surface area (Å²) in [5, 5.41) is 8.66. The van der Waals surface area contributed by atoms with Crippen LogP contribution in [0.15, 0.2) is 36.7 Å². The van der Waals surface area contributed by atoms with Crippen molar-refractivity contribution in [1.82, 2.24) is 9.97 Å². The van der Waals surface area contributed by atoms with Crippen molar-refractivity contribution < 1.29 is 45.7 Å². The average molecular weight is 386 g/mol. The van der Waals surface area contributed by atoms with Gasteiger partial charge in [0.05, 0.1) is 19.5 Å². The van der Waals surface area contributed by atoms with Gasteiger partial charge in [-0.15, -0.1) is 13.2 Å². The zero-order chi connectivity index (χ0) is 19.8. The van der Waals surface area contributed by atoms with E-state index in [-0.39, 0.29) is 11.6 Å². The number of alkyl halides is 6. The van der Waals surface area contributed by atoms with Crippen molar-refractivity contribution in [3.8, 4) is 23.3 Å². The number of aromatic nitrogens is 2. The van der Waals surface area contributed by atoms with E-state index in [9.17, 15) is 26.3 Å². The highest BCUT2D eigenvalue weighted by Gasteiger charge is 2.31. The molecule has 0 saturated heterocycles. The maximum absolute atomic E-state index is 11.7. The molecule has 0 radical (unpaired) electrons. The van der Waals surface area contributed by atoms with Crippen LogP contribution in [0.25, 0.3) is 0 Å². The fraction of sp³-hybridized carbons (Fsp3) is 0.286. The van der Waals surface area contributed by atoms with E-state index >= 15 is 0 Å². The first-order valence-electron chi connectivity index (χ1n) is 6.59. The Bertz CT molecular complexity index is 659. The topological polar surface area (TPSA) is 73.7 Å². The Hall–Kier alpha value is -2.92. The molecule has 26 heavy (non-hydrogen) atoms. The molecule has 12 heteroatoms. The molecule has 2 heterocycles. The molecule has 0 bridgehead atoms. The summed E-state index contributed by atoms with van der Waals surface area (Å²) in [6, 6.07) is 4.75. The van der Waals surface area contributed by atoms with E-state index < -0.39 is 25.0 Å². The number of ether oxygens (including phenoxy) is 3. The highest BCUT2D eigenvalue weighted by molar-refractivity contribution is 5.22. The molecule has 0 aliphatic rings. The van der Waals surface area contributed by atoms with Crippen LogP contribution in [0.1, 0.15) is 0 Å². The van der Waals surface area contributed by atoms with Crippen LogP contribution >= 0.6 is 0 Å². The fourth-order valence-electron chi connectivity index (χ4n) is 1.28. The molecule has 2 aromatic heterocycles. The van der Waals surface area contributed by atoms with Crippen molar-refractivity contribution in [3.63, 3.8) is 0 Å². The number of hydrogen-bond donors (Lipinski definition) is 1. The van der Waals surface area contributed by atoms with Gasteiger partial charge >= 0.3 is 12.5 Å². The summed E-state index contributed by atoms with van der Waals surface area (Å²) in [7, 11) is 1.44. The summed E-state index contributed by atoms with van der Waals surface area (Å²) in [4.78, 5) is 6.78. The lowest BCUT2D eigenvalue weighted by Gasteiger charge is -2.08. The monoisotopic (exact) mass is 386 g/mol. The van der Waals surface area contributed by atoms with E-state index in [1.165, 1.54) is 25.4 Å². The van der Waals surface area contributed by atoms with Crippen LogP contribution in [-0.4, -0.2) is 41.3 Å². The number of methoxy groups -OCH3 is 1. The van der Waals surface area contributed by atoms with Crippen LogP contribution in [0.5, 0.6) is 23.3 Å². The van der Waals surface area contributed by atoms with Gasteiger partial charge in [-0.2, -0.15) is 13.2 Å². The van der Waals surface area contributed by atoms with Crippen LogP contribution in [0.2, 0.25) is 0 Å². The molecule has 0 unspecified atom stereocenters. The van der Waals surface area contributed by atoms with Gasteiger partial charge in [0.15, 0.2) is 6.61 Å². The van der Waals surface area contributed by atoms with Gasteiger partial charge < -0.3 is 19.3 Å². The number of rotatable bonds is 4. The maximum atomic E-state index is 11.7. The molecular formula is C14H12F6N2O4. The average Bonchev–Trinajstić information content (AvgIpc) is 2.54. The van der Waals surface area contributed by atoms with Crippen molar-refractivity contribution >= 4 is 0 Å². The molecule has 0 fully saturated rings. The lowest BCUT2D eigenvalue weighted by Crippen LogP contribution is -2.19. The van der Waals surface area contributed by atoms with Gasteiger partial charge in [-0.05, 0) is 12.1 Å². The smallest absolute Gasteiger partial charge is 0.506 e. The summed E-state index contributed by atoms with van der Waals surface area (Å²) in [6.07, 6.45) is -6.95. The minimum absolute atomic E-state index is 0.0804. The first-order chi connectivity index (χ1) is 12.0. The van der Waals surface area contributed by atoms with Gasteiger partial charge in [0.2, 0.25) is 11.8 Å². The molecule has 0 amide bonds. The summed E-state index contributed by atoms with van der Waals surface area (Å²) < 4.78 is 82.3. The molecular weight excluding hydrogens is 374 g/mol. The molecule has 0 spiro atoms. The third-order valence-corrected chi connectivity index (χ3v) is 2.27. The molecule has 0 aromatic carbocycles. The van der Waals surface area contributed by atoms with E-state index in [4.69, 9.17) is 9.84 Å². The maximum Gasteiger partial charge on any atom is 0.574 e. The van der Waals surface area contributed by atoms with E-state index in [0.717, 1.165) is 18.3 Å². The first-order valence-corrected chi connectivity index (χ1v) is 6.59. The SMILES string of the molecule is COc1ccc(OCC(F)(F)F)nc1.Oc1ccc(OC(F)(F)F)nc1. The first kappa shape index (κ1) is 21.1. The lowest BCUT2D eigenvalue weighted by atomic mass is 10.4. The Morgan fingerprint density at radius 1 is 0.923 bits per heavy atom. The molecule has 0 saturated carbocycles. The lowest BCUT2D eigenvalue weighted by molar-refractivity contribution is -0.276. The normalized spacial score (nSPS) is 11.2. The fourth-order valence-corrected chi connectivity index (χ4v) is 1.28. The van der Waals surface area contributed by atoms with Crippen molar-refractivity contribution in [2.75, 3.05) is 13.7 Å². The van der Waals surface area contributed by atoms with Gasteiger partial charge in [0.25, 0.3) is 0 Å². The Morgan fingerprint density at radius 3 is 1.96 bits per heavy atom. The van der Waals surface area contributed by atoms with Crippen LogP contribution in [-0.2, 0) is 0 Å². The van der Waals surface area contributed by atoms with Crippen LogP contribution in [0.3, 0.4) is 0 Å². The standard InChI is InChI=1S/C8H8F3NO2.C6H4F3NO2/c1-13-6-2-3-7(12-4-6)14-5-8(9,10)11;7-6(8,9)12-5-2-1-4(11)3-10-5/h2-4H,5H2,1H3;1-3,11H. The Labute approximate surface area is 143 Å². The van der Waals surface area contributed by atoms with Gasteiger partial charge in [-0.1, -0.05) is 0 Å². The molecule has 0 atom stereocenters.